The Hall–Kier alpha value is -2.47. The minimum Gasteiger partial charge on any atom is -0.285 e. The lowest BCUT2D eigenvalue weighted by Gasteiger charge is -2.09. The lowest BCUT2D eigenvalue weighted by Crippen LogP contribution is -2.21. The molecule has 130 valence electrons. The van der Waals surface area contributed by atoms with Crippen LogP contribution < -0.4 is 5.56 Å². The average Bonchev–Trinajstić information content (AvgIpc) is 2.91. The predicted molar refractivity (Wildman–Crippen MR) is 91.2 cm³/mol. The van der Waals surface area contributed by atoms with Gasteiger partial charge in [0.05, 0.1) is 16.8 Å². The van der Waals surface area contributed by atoms with E-state index in [1.807, 2.05) is 6.92 Å². The van der Waals surface area contributed by atoms with E-state index in [4.69, 9.17) is 11.6 Å². The van der Waals surface area contributed by atoms with Crippen LogP contribution in [0.1, 0.15) is 12.5 Å². The summed E-state index contributed by atoms with van der Waals surface area (Å²) in [5, 5.41) is 0.467. The van der Waals surface area contributed by atoms with Crippen LogP contribution in [0, 0.1) is 0 Å². The van der Waals surface area contributed by atoms with Gasteiger partial charge in [-0.1, -0.05) is 29.8 Å². The van der Waals surface area contributed by atoms with Crippen LogP contribution in [0.5, 0.6) is 0 Å². The number of nitrogens with zero attached hydrogens (tertiary/aromatic N) is 2. The normalized spacial score (nSPS) is 11.7. The Morgan fingerprint density at radius 3 is 2.44 bits per heavy atom. The van der Waals surface area contributed by atoms with Crippen LogP contribution in [0.2, 0.25) is 5.02 Å². The summed E-state index contributed by atoms with van der Waals surface area (Å²) < 4.78 is 41.9. The van der Waals surface area contributed by atoms with Gasteiger partial charge in [-0.2, -0.15) is 13.2 Å². The molecule has 2 aromatic carbocycles. The molecule has 3 nitrogen and oxygen atoms in total. The van der Waals surface area contributed by atoms with Gasteiger partial charge >= 0.3 is 6.18 Å². The number of hydrogen-bond donors (Lipinski definition) is 0. The fourth-order valence-corrected chi connectivity index (χ4v) is 2.84. The minimum absolute atomic E-state index is 0.202. The molecule has 0 spiro atoms. The molecule has 0 N–H and O–H groups in total. The van der Waals surface area contributed by atoms with Crippen molar-refractivity contribution < 1.29 is 13.2 Å². The molecule has 0 atom stereocenters. The zero-order chi connectivity index (χ0) is 18.2. The molecule has 7 heteroatoms. The van der Waals surface area contributed by atoms with Gasteiger partial charge < -0.3 is 0 Å². The highest BCUT2D eigenvalue weighted by molar-refractivity contribution is 6.30. The molecule has 1 heterocycles. The molecule has 0 fully saturated rings. The Labute approximate surface area is 146 Å². The lowest BCUT2D eigenvalue weighted by molar-refractivity contribution is -0.137. The molecule has 0 aliphatic rings. The Kier molecular flexibility index (Phi) is 4.47. The highest BCUT2D eigenvalue weighted by atomic mass is 35.5. The number of rotatable bonds is 3. The SMILES string of the molecule is CCn1cc(-c2cccc(C(F)(F)F)c2)c(=O)n1-c1cccc(Cl)c1. The highest BCUT2D eigenvalue weighted by Gasteiger charge is 2.30. The van der Waals surface area contributed by atoms with E-state index in [0.29, 0.717) is 17.3 Å². The second-order valence-corrected chi connectivity index (χ2v) is 5.91. The van der Waals surface area contributed by atoms with Crippen LogP contribution in [0.4, 0.5) is 13.2 Å². The summed E-state index contributed by atoms with van der Waals surface area (Å²) >= 11 is 5.99. The monoisotopic (exact) mass is 366 g/mol. The first-order chi connectivity index (χ1) is 11.8. The van der Waals surface area contributed by atoms with Crippen LogP contribution in [-0.4, -0.2) is 9.36 Å². The van der Waals surface area contributed by atoms with Gasteiger partial charge in [0.1, 0.15) is 0 Å². The number of aryl methyl sites for hydroxylation is 1. The van der Waals surface area contributed by atoms with Gasteiger partial charge in [0.25, 0.3) is 5.56 Å². The van der Waals surface area contributed by atoms with E-state index in [1.165, 1.54) is 16.8 Å². The Morgan fingerprint density at radius 1 is 1.08 bits per heavy atom. The molecule has 3 rings (SSSR count). The maximum atomic E-state index is 12.9. The molecule has 0 aliphatic carbocycles. The van der Waals surface area contributed by atoms with Crippen LogP contribution in [0.3, 0.4) is 0 Å². The summed E-state index contributed by atoms with van der Waals surface area (Å²) in [6, 6.07) is 11.5. The summed E-state index contributed by atoms with van der Waals surface area (Å²) in [5.74, 6) is 0. The van der Waals surface area contributed by atoms with Crippen molar-refractivity contribution in [1.29, 1.82) is 0 Å². The van der Waals surface area contributed by atoms with E-state index in [0.717, 1.165) is 12.1 Å². The highest BCUT2D eigenvalue weighted by Crippen LogP contribution is 2.31. The van der Waals surface area contributed by atoms with Crippen LogP contribution in [0.15, 0.2) is 59.5 Å². The van der Waals surface area contributed by atoms with Crippen LogP contribution in [0.25, 0.3) is 16.8 Å². The number of alkyl halides is 3. The molecule has 0 saturated carbocycles. The Morgan fingerprint density at radius 2 is 1.80 bits per heavy atom. The molecule has 0 saturated heterocycles. The van der Waals surface area contributed by atoms with E-state index in [1.54, 1.807) is 35.1 Å². The fourth-order valence-electron chi connectivity index (χ4n) is 2.66. The van der Waals surface area contributed by atoms with Crippen molar-refractivity contribution in [2.75, 3.05) is 0 Å². The molecule has 0 radical (unpaired) electrons. The lowest BCUT2D eigenvalue weighted by atomic mass is 10.1. The van der Waals surface area contributed by atoms with Gasteiger partial charge in [-0.15, -0.1) is 0 Å². The molecule has 0 unspecified atom stereocenters. The smallest absolute Gasteiger partial charge is 0.285 e. The second-order valence-electron chi connectivity index (χ2n) is 5.47. The van der Waals surface area contributed by atoms with Crippen molar-refractivity contribution in [1.82, 2.24) is 9.36 Å². The zero-order valence-electron chi connectivity index (χ0n) is 13.2. The number of benzene rings is 2. The number of aromatic nitrogens is 2. The maximum Gasteiger partial charge on any atom is 0.416 e. The topological polar surface area (TPSA) is 26.9 Å². The Bertz CT molecular complexity index is 973. The molecular formula is C18H14ClF3N2O. The van der Waals surface area contributed by atoms with E-state index in [9.17, 15) is 18.0 Å². The third-order valence-corrected chi connectivity index (χ3v) is 4.07. The molecule has 0 aliphatic heterocycles. The van der Waals surface area contributed by atoms with Crippen molar-refractivity contribution in [2.24, 2.45) is 0 Å². The van der Waals surface area contributed by atoms with E-state index < -0.39 is 17.3 Å². The molecule has 0 amide bonds. The largest absolute Gasteiger partial charge is 0.416 e. The molecular weight excluding hydrogens is 353 g/mol. The predicted octanol–water partition coefficient (Wildman–Crippen LogP) is 5.00. The zero-order valence-corrected chi connectivity index (χ0v) is 14.0. The third kappa shape index (κ3) is 3.35. The number of halogens is 4. The molecule has 0 bridgehead atoms. The first kappa shape index (κ1) is 17.4. The van der Waals surface area contributed by atoms with Gasteiger partial charge in [-0.3, -0.25) is 9.48 Å². The Balaban J connectivity index is 2.19. The summed E-state index contributed by atoms with van der Waals surface area (Å²) in [5.41, 5.74) is -0.209. The minimum atomic E-state index is -4.46. The van der Waals surface area contributed by atoms with Gasteiger partial charge in [0.2, 0.25) is 0 Å². The van der Waals surface area contributed by atoms with Crippen molar-refractivity contribution in [3.05, 3.63) is 75.7 Å². The standard InChI is InChI=1S/C18H14ClF3N2O/c1-2-23-11-16(12-5-3-6-13(9-12)18(20,21)22)17(25)24(23)15-8-4-7-14(19)10-15/h3-11H,2H2,1H3. The van der Waals surface area contributed by atoms with Crippen molar-refractivity contribution >= 4 is 11.6 Å². The van der Waals surface area contributed by atoms with Crippen molar-refractivity contribution in [3.8, 4) is 16.8 Å². The van der Waals surface area contributed by atoms with E-state index >= 15 is 0 Å². The summed E-state index contributed by atoms with van der Waals surface area (Å²) in [6.07, 6.45) is -2.91. The summed E-state index contributed by atoms with van der Waals surface area (Å²) in [4.78, 5) is 12.8. The molecule has 1 aromatic heterocycles. The fraction of sp³-hybridized carbons (Fsp3) is 0.167. The van der Waals surface area contributed by atoms with Crippen LogP contribution >= 0.6 is 11.6 Å². The second kappa shape index (κ2) is 6.44. The van der Waals surface area contributed by atoms with Crippen LogP contribution in [-0.2, 0) is 12.7 Å². The average molecular weight is 367 g/mol. The van der Waals surface area contributed by atoms with Gasteiger partial charge in [-0.25, -0.2) is 4.68 Å². The summed E-state index contributed by atoms with van der Waals surface area (Å²) in [6.45, 7) is 2.32. The summed E-state index contributed by atoms with van der Waals surface area (Å²) in [7, 11) is 0. The van der Waals surface area contributed by atoms with Gasteiger partial charge in [0.15, 0.2) is 0 Å². The van der Waals surface area contributed by atoms with Gasteiger partial charge in [-0.05, 0) is 42.8 Å². The third-order valence-electron chi connectivity index (χ3n) is 3.84. The van der Waals surface area contributed by atoms with Crippen molar-refractivity contribution in [3.63, 3.8) is 0 Å². The van der Waals surface area contributed by atoms with Crippen molar-refractivity contribution in [2.45, 2.75) is 19.6 Å². The number of hydrogen-bond acceptors (Lipinski definition) is 1. The molecule has 3 aromatic rings. The first-order valence-electron chi connectivity index (χ1n) is 7.57. The maximum absolute atomic E-state index is 12.9. The van der Waals surface area contributed by atoms with E-state index in [2.05, 4.69) is 0 Å². The first-order valence-corrected chi connectivity index (χ1v) is 7.95. The molecule has 25 heavy (non-hydrogen) atoms. The quantitative estimate of drug-likeness (QED) is 0.641. The van der Waals surface area contributed by atoms with E-state index in [-0.39, 0.29) is 11.1 Å². The van der Waals surface area contributed by atoms with Gasteiger partial charge in [0, 0.05) is 17.8 Å².